The molecule has 10 aromatic carbocycles. The van der Waals surface area contributed by atoms with Crippen LogP contribution in [0.25, 0.3) is 123 Å². The Balaban J connectivity index is 0.903. The lowest BCUT2D eigenvalue weighted by atomic mass is 9.94. The second-order valence-corrected chi connectivity index (χ2v) is 17.9. The van der Waals surface area contributed by atoms with Gasteiger partial charge >= 0.3 is 0 Å². The molecule has 0 unspecified atom stereocenters. The van der Waals surface area contributed by atoms with Gasteiger partial charge in [-0.3, -0.25) is 0 Å². The summed E-state index contributed by atoms with van der Waals surface area (Å²) < 4.78 is 7.81. The number of para-hydroxylation sites is 1. The minimum Gasteiger partial charge on any atom is -0.309 e. The molecule has 13 rings (SSSR count). The summed E-state index contributed by atoms with van der Waals surface area (Å²) in [5, 5.41) is 10.5. The molecule has 3 heteroatoms. The minimum absolute atomic E-state index is 1.17. The Bertz CT molecular complexity index is 3520. The molecule has 1 nitrogen and oxygen atoms in total. The summed E-state index contributed by atoms with van der Waals surface area (Å²) in [4.78, 5) is 0. The first-order valence-electron chi connectivity index (χ1n) is 20.1. The van der Waals surface area contributed by atoms with Gasteiger partial charge < -0.3 is 4.57 Å². The zero-order chi connectivity index (χ0) is 38.6. The third-order valence-electron chi connectivity index (χ3n) is 12.3. The Kier molecular flexibility index (Phi) is 7.12. The largest absolute Gasteiger partial charge is 0.309 e. The average molecular weight is 784 g/mol. The van der Waals surface area contributed by atoms with Crippen LogP contribution in [0.2, 0.25) is 0 Å². The molecular formula is C56H33NS2. The predicted octanol–water partition coefficient (Wildman–Crippen LogP) is 16.8. The summed E-state index contributed by atoms with van der Waals surface area (Å²) in [6.45, 7) is 0. The molecule has 0 bridgehead atoms. The van der Waals surface area contributed by atoms with Gasteiger partial charge in [0.05, 0.1) is 11.0 Å². The van der Waals surface area contributed by atoms with Gasteiger partial charge in [-0.05, 0) is 116 Å². The number of hydrogen-bond donors (Lipinski definition) is 0. The van der Waals surface area contributed by atoms with Crippen LogP contribution in [0.5, 0.6) is 0 Å². The average Bonchev–Trinajstić information content (AvgIpc) is 3.97. The number of fused-ring (bicyclic) bond motifs is 6. The number of nitrogens with zero attached hydrogens (tertiary/aromatic N) is 1. The van der Waals surface area contributed by atoms with Crippen molar-refractivity contribution < 1.29 is 0 Å². The Morgan fingerprint density at radius 3 is 1.14 bits per heavy atom. The number of rotatable bonds is 5. The van der Waals surface area contributed by atoms with Crippen molar-refractivity contribution in [2.24, 2.45) is 0 Å². The Hall–Kier alpha value is -7.04. The highest BCUT2D eigenvalue weighted by atomic mass is 32.1. The molecule has 59 heavy (non-hydrogen) atoms. The second kappa shape index (κ2) is 12.7. The number of thiophene rings is 2. The van der Waals surface area contributed by atoms with Crippen LogP contribution in [0.15, 0.2) is 200 Å². The van der Waals surface area contributed by atoms with Crippen LogP contribution in [0.4, 0.5) is 0 Å². The molecule has 0 saturated carbocycles. The fraction of sp³-hybridized carbons (Fsp3) is 0. The number of hydrogen-bond acceptors (Lipinski definition) is 2. The fourth-order valence-corrected chi connectivity index (χ4v) is 11.8. The standard InChI is InChI=1S/C56H33NS2/c1-2-8-44(9-3-1)57-49-30-42(36-18-14-34(15-19-36)38-24-26-47-45-10-4-6-12-51(45)58-53(47)32-38)28-40-22-23-41-29-43(31-50(57)56(41)55(40)49)37-20-16-35(17-21-37)39-25-27-48-46-11-5-7-13-52(46)59-54(48)33-39/h1-33H. The third kappa shape index (κ3) is 5.15. The van der Waals surface area contributed by atoms with Gasteiger partial charge in [0.2, 0.25) is 0 Å². The summed E-state index contributed by atoms with van der Waals surface area (Å²) >= 11 is 3.75. The van der Waals surface area contributed by atoms with E-state index in [1.165, 1.54) is 123 Å². The summed E-state index contributed by atoms with van der Waals surface area (Å²) in [5.74, 6) is 0. The maximum Gasteiger partial charge on any atom is 0.0553 e. The molecule has 0 atom stereocenters. The normalized spacial score (nSPS) is 12.1. The van der Waals surface area contributed by atoms with Gasteiger partial charge in [0.1, 0.15) is 0 Å². The van der Waals surface area contributed by atoms with Crippen molar-refractivity contribution in [2.75, 3.05) is 0 Å². The van der Waals surface area contributed by atoms with E-state index in [-0.39, 0.29) is 0 Å². The van der Waals surface area contributed by atoms with E-state index in [9.17, 15) is 0 Å². The number of aromatic nitrogens is 1. The SMILES string of the molecule is c1ccc(-n2c3cc(-c4ccc(-c5ccc6c(c5)sc5ccccc56)cc4)cc4ccc5cc(-c6ccc(-c7ccc8c(c7)sc7ccccc78)cc6)cc2c5c43)cc1. The van der Waals surface area contributed by atoms with E-state index in [4.69, 9.17) is 0 Å². The van der Waals surface area contributed by atoms with Crippen LogP contribution >= 0.6 is 22.7 Å². The Morgan fingerprint density at radius 1 is 0.271 bits per heavy atom. The molecule has 0 spiro atoms. The minimum atomic E-state index is 1.17. The zero-order valence-corrected chi connectivity index (χ0v) is 33.4. The molecule has 0 aliphatic rings. The first-order valence-corrected chi connectivity index (χ1v) is 21.8. The highest BCUT2D eigenvalue weighted by molar-refractivity contribution is 7.26. The quantitative estimate of drug-likeness (QED) is 0.153. The molecule has 13 aromatic rings. The van der Waals surface area contributed by atoms with E-state index in [0.717, 1.165) is 0 Å². The summed E-state index contributed by atoms with van der Waals surface area (Å²) in [6.07, 6.45) is 0. The first-order chi connectivity index (χ1) is 29.2. The Labute approximate surface area is 348 Å². The summed E-state index contributed by atoms with van der Waals surface area (Å²) in [6, 6.07) is 74.5. The molecule has 0 radical (unpaired) electrons. The van der Waals surface area contributed by atoms with Crippen molar-refractivity contribution >= 4 is 95.6 Å². The Morgan fingerprint density at radius 2 is 0.661 bits per heavy atom. The lowest BCUT2D eigenvalue weighted by Gasteiger charge is -2.11. The topological polar surface area (TPSA) is 4.93 Å². The number of benzene rings is 10. The van der Waals surface area contributed by atoms with Crippen molar-refractivity contribution in [2.45, 2.75) is 0 Å². The van der Waals surface area contributed by atoms with Crippen LogP contribution in [0.1, 0.15) is 0 Å². The van der Waals surface area contributed by atoms with E-state index in [1.807, 2.05) is 22.7 Å². The van der Waals surface area contributed by atoms with Gasteiger partial charge in [-0.25, -0.2) is 0 Å². The van der Waals surface area contributed by atoms with Crippen molar-refractivity contribution in [3.05, 3.63) is 200 Å². The van der Waals surface area contributed by atoms with Gasteiger partial charge in [0, 0.05) is 56.8 Å². The van der Waals surface area contributed by atoms with Gasteiger partial charge in [0.15, 0.2) is 0 Å². The second-order valence-electron chi connectivity index (χ2n) is 15.7. The molecule has 0 fully saturated rings. The molecule has 3 heterocycles. The van der Waals surface area contributed by atoms with Crippen molar-refractivity contribution in [1.82, 2.24) is 4.57 Å². The maximum absolute atomic E-state index is 2.47. The van der Waals surface area contributed by atoms with Gasteiger partial charge in [-0.15, -0.1) is 22.7 Å². The molecule has 3 aromatic heterocycles. The highest BCUT2D eigenvalue weighted by Crippen LogP contribution is 2.44. The van der Waals surface area contributed by atoms with E-state index in [2.05, 4.69) is 205 Å². The third-order valence-corrected chi connectivity index (χ3v) is 14.6. The van der Waals surface area contributed by atoms with E-state index < -0.39 is 0 Å². The van der Waals surface area contributed by atoms with E-state index in [1.54, 1.807) is 0 Å². The van der Waals surface area contributed by atoms with Gasteiger partial charge in [-0.1, -0.05) is 140 Å². The van der Waals surface area contributed by atoms with Crippen LogP contribution in [0, 0.1) is 0 Å². The monoisotopic (exact) mass is 783 g/mol. The maximum atomic E-state index is 2.47. The molecule has 274 valence electrons. The van der Waals surface area contributed by atoms with E-state index >= 15 is 0 Å². The molecule has 0 saturated heterocycles. The van der Waals surface area contributed by atoms with Gasteiger partial charge in [-0.2, -0.15) is 0 Å². The fourth-order valence-electron chi connectivity index (χ4n) is 9.48. The summed E-state index contributed by atoms with van der Waals surface area (Å²) in [7, 11) is 0. The van der Waals surface area contributed by atoms with E-state index in [0.29, 0.717) is 0 Å². The van der Waals surface area contributed by atoms with Crippen molar-refractivity contribution in [3.63, 3.8) is 0 Å². The summed E-state index contributed by atoms with van der Waals surface area (Å²) in [5.41, 5.74) is 13.5. The predicted molar refractivity (Wildman–Crippen MR) is 257 cm³/mol. The zero-order valence-electron chi connectivity index (χ0n) is 31.8. The van der Waals surface area contributed by atoms with Gasteiger partial charge in [0.25, 0.3) is 0 Å². The lowest BCUT2D eigenvalue weighted by molar-refractivity contribution is 1.18. The van der Waals surface area contributed by atoms with Crippen molar-refractivity contribution in [3.8, 4) is 50.2 Å². The van der Waals surface area contributed by atoms with Crippen molar-refractivity contribution in [1.29, 1.82) is 0 Å². The molecule has 0 aliphatic heterocycles. The highest BCUT2D eigenvalue weighted by Gasteiger charge is 2.20. The smallest absolute Gasteiger partial charge is 0.0553 e. The molecule has 0 aliphatic carbocycles. The first kappa shape index (κ1) is 33.0. The molecular weight excluding hydrogens is 751 g/mol. The molecule has 0 N–H and O–H groups in total. The van der Waals surface area contributed by atoms with Crippen LogP contribution in [-0.2, 0) is 0 Å². The van der Waals surface area contributed by atoms with Crippen LogP contribution in [-0.4, -0.2) is 4.57 Å². The molecule has 0 amide bonds. The lowest BCUT2D eigenvalue weighted by Crippen LogP contribution is -1.94. The van der Waals surface area contributed by atoms with Crippen LogP contribution < -0.4 is 0 Å². The van der Waals surface area contributed by atoms with Crippen LogP contribution in [0.3, 0.4) is 0 Å².